The molecule has 0 atom stereocenters. The van der Waals surface area contributed by atoms with Gasteiger partial charge in [-0.2, -0.15) is 0 Å². The van der Waals surface area contributed by atoms with Crippen LogP contribution in [0.3, 0.4) is 0 Å². The van der Waals surface area contributed by atoms with Gasteiger partial charge < -0.3 is 9.47 Å². The van der Waals surface area contributed by atoms with Crippen molar-refractivity contribution in [2.45, 2.75) is 24.0 Å². The molecule has 0 aromatic heterocycles. The third-order valence-electron chi connectivity index (χ3n) is 2.41. The van der Waals surface area contributed by atoms with Gasteiger partial charge in [-0.3, -0.25) is 0 Å². The predicted molar refractivity (Wildman–Crippen MR) is 62.0 cm³/mol. The van der Waals surface area contributed by atoms with Crippen molar-refractivity contribution >= 4 is 11.8 Å². The van der Waals surface area contributed by atoms with Gasteiger partial charge in [-0.1, -0.05) is 0 Å². The van der Waals surface area contributed by atoms with Crippen LogP contribution in [0.1, 0.15) is 12.8 Å². The summed E-state index contributed by atoms with van der Waals surface area (Å²) in [7, 11) is 0. The van der Waals surface area contributed by atoms with E-state index in [1.165, 1.54) is 17.8 Å². The Hall–Kier alpha value is -0.650. The Morgan fingerprint density at radius 1 is 1.18 bits per heavy atom. The third-order valence-corrected chi connectivity index (χ3v) is 3.44. The molecule has 5 heteroatoms. The molecule has 17 heavy (non-hydrogen) atoms. The lowest BCUT2D eigenvalue weighted by molar-refractivity contribution is -0.178. The highest BCUT2D eigenvalue weighted by Crippen LogP contribution is 2.22. The zero-order chi connectivity index (χ0) is 12.1. The van der Waals surface area contributed by atoms with E-state index >= 15 is 0 Å². The largest absolute Gasteiger partial charge is 0.353 e. The van der Waals surface area contributed by atoms with E-state index in [0.717, 1.165) is 42.8 Å². The molecule has 1 aliphatic heterocycles. The summed E-state index contributed by atoms with van der Waals surface area (Å²) in [5.74, 6) is -0.858. The van der Waals surface area contributed by atoms with Crippen molar-refractivity contribution in [1.29, 1.82) is 0 Å². The van der Waals surface area contributed by atoms with E-state index in [2.05, 4.69) is 0 Å². The molecule has 0 unspecified atom stereocenters. The third kappa shape index (κ3) is 3.94. The average Bonchev–Trinajstić information content (AvgIpc) is 2.35. The summed E-state index contributed by atoms with van der Waals surface area (Å²) in [6.45, 7) is 1.47. The molecule has 0 radical (unpaired) electrons. The maximum absolute atomic E-state index is 12.9. The molecule has 0 N–H and O–H groups in total. The Morgan fingerprint density at radius 3 is 2.65 bits per heavy atom. The van der Waals surface area contributed by atoms with E-state index < -0.39 is 11.6 Å². The first-order valence-electron chi connectivity index (χ1n) is 5.57. The van der Waals surface area contributed by atoms with E-state index in [1.54, 1.807) is 6.07 Å². The van der Waals surface area contributed by atoms with Crippen molar-refractivity contribution in [1.82, 2.24) is 0 Å². The first-order chi connectivity index (χ1) is 8.25. The normalized spacial score (nSPS) is 17.3. The van der Waals surface area contributed by atoms with Crippen molar-refractivity contribution in [2.24, 2.45) is 0 Å². The van der Waals surface area contributed by atoms with Crippen LogP contribution >= 0.6 is 11.8 Å². The highest BCUT2D eigenvalue weighted by molar-refractivity contribution is 7.99. The van der Waals surface area contributed by atoms with Crippen LogP contribution in [0.15, 0.2) is 23.1 Å². The molecule has 0 spiro atoms. The maximum atomic E-state index is 12.9. The van der Waals surface area contributed by atoms with E-state index in [9.17, 15) is 8.78 Å². The van der Waals surface area contributed by atoms with Gasteiger partial charge in [0.25, 0.3) is 0 Å². The zero-order valence-corrected chi connectivity index (χ0v) is 10.1. The van der Waals surface area contributed by atoms with E-state index in [0.29, 0.717) is 0 Å². The van der Waals surface area contributed by atoms with Gasteiger partial charge in [0.2, 0.25) is 0 Å². The summed E-state index contributed by atoms with van der Waals surface area (Å²) in [5.41, 5.74) is 0. The van der Waals surface area contributed by atoms with Crippen LogP contribution in [0.5, 0.6) is 0 Å². The van der Waals surface area contributed by atoms with Crippen LogP contribution in [-0.2, 0) is 9.47 Å². The molecule has 0 amide bonds. The molecule has 1 fully saturated rings. The number of halogens is 2. The summed E-state index contributed by atoms with van der Waals surface area (Å²) < 4.78 is 36.4. The molecule has 1 aromatic carbocycles. The van der Waals surface area contributed by atoms with Gasteiger partial charge in [-0.05, 0) is 24.6 Å². The van der Waals surface area contributed by atoms with Crippen LogP contribution in [0.4, 0.5) is 8.78 Å². The second-order valence-electron chi connectivity index (χ2n) is 3.74. The summed E-state index contributed by atoms with van der Waals surface area (Å²) in [6, 6.07) is 3.93. The molecule has 1 aliphatic rings. The average molecular weight is 260 g/mol. The first kappa shape index (κ1) is 12.8. The Balaban J connectivity index is 1.75. The zero-order valence-electron chi connectivity index (χ0n) is 9.33. The fourth-order valence-corrected chi connectivity index (χ4v) is 2.44. The summed E-state index contributed by atoms with van der Waals surface area (Å²) >= 11 is 1.47. The van der Waals surface area contributed by atoms with E-state index in [-0.39, 0.29) is 6.29 Å². The quantitative estimate of drug-likeness (QED) is 0.774. The molecule has 0 aliphatic carbocycles. The minimum absolute atomic E-state index is 0.151. The molecule has 1 heterocycles. The van der Waals surface area contributed by atoms with Crippen LogP contribution in [0.25, 0.3) is 0 Å². The number of ether oxygens (including phenoxy) is 2. The number of thioether (sulfide) groups is 1. The monoisotopic (exact) mass is 260 g/mol. The molecule has 1 saturated heterocycles. The fourth-order valence-electron chi connectivity index (χ4n) is 1.54. The van der Waals surface area contributed by atoms with Crippen molar-refractivity contribution in [3.63, 3.8) is 0 Å². The summed E-state index contributed by atoms with van der Waals surface area (Å²) in [4.78, 5) is 0.722. The highest BCUT2D eigenvalue weighted by atomic mass is 32.2. The maximum Gasteiger partial charge on any atom is 0.159 e. The lowest BCUT2D eigenvalue weighted by Crippen LogP contribution is -2.25. The minimum Gasteiger partial charge on any atom is -0.353 e. The standard InChI is InChI=1S/C12H14F2O2S/c13-10-3-2-9(8-11(10)14)17-7-4-12-15-5-1-6-16-12/h2-3,8,12H,1,4-7H2. The second-order valence-corrected chi connectivity index (χ2v) is 4.91. The van der Waals surface area contributed by atoms with Crippen molar-refractivity contribution < 1.29 is 18.3 Å². The minimum atomic E-state index is -0.812. The predicted octanol–water partition coefficient (Wildman–Crippen LogP) is 3.21. The van der Waals surface area contributed by atoms with Crippen LogP contribution < -0.4 is 0 Å². The molecular weight excluding hydrogens is 246 g/mol. The van der Waals surface area contributed by atoms with Gasteiger partial charge >= 0.3 is 0 Å². The molecule has 0 saturated carbocycles. The van der Waals surface area contributed by atoms with Gasteiger partial charge in [0.15, 0.2) is 17.9 Å². The van der Waals surface area contributed by atoms with Crippen LogP contribution in [0, 0.1) is 11.6 Å². The Morgan fingerprint density at radius 2 is 1.94 bits per heavy atom. The lowest BCUT2D eigenvalue weighted by Gasteiger charge is -2.22. The van der Waals surface area contributed by atoms with Crippen molar-refractivity contribution in [3.05, 3.63) is 29.8 Å². The van der Waals surface area contributed by atoms with E-state index in [1.807, 2.05) is 0 Å². The molecule has 2 rings (SSSR count). The van der Waals surface area contributed by atoms with Crippen molar-refractivity contribution in [2.75, 3.05) is 19.0 Å². The highest BCUT2D eigenvalue weighted by Gasteiger charge is 2.13. The number of benzene rings is 1. The van der Waals surface area contributed by atoms with Gasteiger partial charge in [0.05, 0.1) is 13.2 Å². The lowest BCUT2D eigenvalue weighted by atomic mass is 10.3. The molecule has 94 valence electrons. The Labute approximate surface area is 103 Å². The Bertz CT molecular complexity index is 368. The van der Waals surface area contributed by atoms with Crippen LogP contribution in [-0.4, -0.2) is 25.3 Å². The summed E-state index contributed by atoms with van der Waals surface area (Å²) in [5, 5.41) is 0. The Kier molecular flexibility index (Phi) is 4.76. The van der Waals surface area contributed by atoms with E-state index in [4.69, 9.17) is 9.47 Å². The SMILES string of the molecule is Fc1ccc(SCCC2OCCCO2)cc1F. The summed E-state index contributed by atoms with van der Waals surface area (Å²) in [6.07, 6.45) is 1.54. The number of rotatable bonds is 4. The van der Waals surface area contributed by atoms with Gasteiger partial charge in [0, 0.05) is 17.1 Å². The number of hydrogen-bond donors (Lipinski definition) is 0. The second kappa shape index (κ2) is 6.33. The molecule has 1 aromatic rings. The van der Waals surface area contributed by atoms with Gasteiger partial charge in [0.1, 0.15) is 0 Å². The molecule has 0 bridgehead atoms. The first-order valence-corrected chi connectivity index (χ1v) is 6.55. The molecular formula is C12H14F2O2S. The number of hydrogen-bond acceptors (Lipinski definition) is 3. The fraction of sp³-hybridized carbons (Fsp3) is 0.500. The van der Waals surface area contributed by atoms with Gasteiger partial charge in [-0.25, -0.2) is 8.78 Å². The molecule has 2 nitrogen and oxygen atoms in total. The topological polar surface area (TPSA) is 18.5 Å². The van der Waals surface area contributed by atoms with Gasteiger partial charge in [-0.15, -0.1) is 11.8 Å². The van der Waals surface area contributed by atoms with Crippen LogP contribution in [0.2, 0.25) is 0 Å². The van der Waals surface area contributed by atoms with Crippen molar-refractivity contribution in [3.8, 4) is 0 Å². The smallest absolute Gasteiger partial charge is 0.159 e.